The Balaban J connectivity index is 1.62. The van der Waals surface area contributed by atoms with E-state index < -0.39 is 24.0 Å². The molecule has 0 aliphatic carbocycles. The van der Waals surface area contributed by atoms with Crippen LogP contribution in [0.25, 0.3) is 0 Å². The maximum absolute atomic E-state index is 13.2. The van der Waals surface area contributed by atoms with Crippen LogP contribution in [-0.4, -0.2) is 31.2 Å². The lowest BCUT2D eigenvalue weighted by Gasteiger charge is -2.18. The molecule has 0 spiro atoms. The third-order valence-corrected chi connectivity index (χ3v) is 4.81. The number of benzene rings is 1. The van der Waals surface area contributed by atoms with Crippen LogP contribution in [0, 0.1) is 5.82 Å². The topological polar surface area (TPSA) is 64.6 Å². The van der Waals surface area contributed by atoms with Gasteiger partial charge < -0.3 is 14.8 Å². The minimum Gasteiger partial charge on any atom is -0.454 e. The summed E-state index contributed by atoms with van der Waals surface area (Å²) in [6.45, 7) is 0.165. The number of carbonyl (C=O) groups excluding carboxylic acids is 2. The lowest BCUT2D eigenvalue weighted by atomic mass is 10.1. The smallest absolute Gasteiger partial charge is 0.335 e. The number of thiophene rings is 1. The van der Waals surface area contributed by atoms with Crippen LogP contribution in [0.3, 0.4) is 0 Å². The minimum absolute atomic E-state index is 0.342. The molecule has 2 heterocycles. The molecule has 25 heavy (non-hydrogen) atoms. The normalized spacial score (nSPS) is 17.9. The van der Waals surface area contributed by atoms with Gasteiger partial charge in [-0.2, -0.15) is 0 Å². The van der Waals surface area contributed by atoms with E-state index in [-0.39, 0.29) is 12.4 Å². The highest BCUT2D eigenvalue weighted by Crippen LogP contribution is 2.26. The summed E-state index contributed by atoms with van der Waals surface area (Å²) >= 11 is 1.48. The van der Waals surface area contributed by atoms with Crippen molar-refractivity contribution >= 4 is 23.2 Å². The second kappa shape index (κ2) is 8.22. The molecule has 0 saturated carbocycles. The van der Waals surface area contributed by atoms with Crippen LogP contribution in [0.15, 0.2) is 41.8 Å². The standard InChI is InChI=1S/C18H18FNO4S/c19-13-7-5-12(6-8-13)17(15-4-2-10-25-15)20-16(21)11-24-18(22)14-3-1-9-23-14/h2,4-8,10,14,17H,1,3,9,11H2,(H,20,21)/t14-,17+/m1/s1. The van der Waals surface area contributed by atoms with Crippen LogP contribution in [0.4, 0.5) is 4.39 Å². The molecule has 7 heteroatoms. The van der Waals surface area contributed by atoms with E-state index in [1.54, 1.807) is 12.1 Å². The predicted octanol–water partition coefficient (Wildman–Crippen LogP) is 2.82. The zero-order valence-electron chi connectivity index (χ0n) is 13.4. The fourth-order valence-electron chi connectivity index (χ4n) is 2.63. The van der Waals surface area contributed by atoms with Crippen molar-refractivity contribution in [3.05, 3.63) is 58.0 Å². The van der Waals surface area contributed by atoms with Gasteiger partial charge in [-0.25, -0.2) is 9.18 Å². The van der Waals surface area contributed by atoms with Gasteiger partial charge in [-0.3, -0.25) is 4.79 Å². The molecule has 132 valence electrons. The van der Waals surface area contributed by atoms with Crippen LogP contribution in [0.1, 0.15) is 29.3 Å². The first-order chi connectivity index (χ1) is 12.1. The summed E-state index contributed by atoms with van der Waals surface area (Å²) in [6, 6.07) is 9.28. The molecule has 0 radical (unpaired) electrons. The number of hydrogen-bond donors (Lipinski definition) is 1. The quantitative estimate of drug-likeness (QED) is 0.802. The molecule has 5 nitrogen and oxygen atoms in total. The number of hydrogen-bond acceptors (Lipinski definition) is 5. The van der Waals surface area contributed by atoms with Crippen molar-refractivity contribution in [2.24, 2.45) is 0 Å². The van der Waals surface area contributed by atoms with Gasteiger partial charge in [0, 0.05) is 11.5 Å². The molecule has 1 N–H and O–H groups in total. The van der Waals surface area contributed by atoms with Gasteiger partial charge in [0.15, 0.2) is 12.7 Å². The second-order valence-corrected chi connectivity index (χ2v) is 6.66. The average molecular weight is 363 g/mol. The lowest BCUT2D eigenvalue weighted by Crippen LogP contribution is -2.34. The maximum atomic E-state index is 13.2. The molecule has 1 aromatic heterocycles. The zero-order valence-corrected chi connectivity index (χ0v) is 14.3. The van der Waals surface area contributed by atoms with Gasteiger partial charge in [-0.1, -0.05) is 18.2 Å². The number of carbonyl (C=O) groups is 2. The maximum Gasteiger partial charge on any atom is 0.335 e. The Kier molecular flexibility index (Phi) is 5.78. The van der Waals surface area contributed by atoms with Gasteiger partial charge in [0.1, 0.15) is 5.82 Å². The highest BCUT2D eigenvalue weighted by atomic mass is 32.1. The molecule has 0 bridgehead atoms. The van der Waals surface area contributed by atoms with Crippen LogP contribution < -0.4 is 5.32 Å². The second-order valence-electron chi connectivity index (χ2n) is 5.68. The van der Waals surface area contributed by atoms with Gasteiger partial charge in [-0.05, 0) is 42.0 Å². The van der Waals surface area contributed by atoms with E-state index in [2.05, 4.69) is 5.32 Å². The molecule has 3 rings (SSSR count). The van der Waals surface area contributed by atoms with Gasteiger partial charge in [0.25, 0.3) is 5.91 Å². The summed E-state index contributed by atoms with van der Waals surface area (Å²) in [6.07, 6.45) is 0.864. The Labute approximate surface area is 148 Å². The van der Waals surface area contributed by atoms with Crippen molar-refractivity contribution in [1.29, 1.82) is 0 Å². The summed E-state index contributed by atoms with van der Waals surface area (Å²) in [7, 11) is 0. The third kappa shape index (κ3) is 4.64. The van der Waals surface area contributed by atoms with Crippen molar-refractivity contribution in [3.63, 3.8) is 0 Å². The summed E-state index contributed by atoms with van der Waals surface area (Å²) in [5.74, 6) is -1.28. The van der Waals surface area contributed by atoms with Crippen molar-refractivity contribution in [1.82, 2.24) is 5.32 Å². The lowest BCUT2D eigenvalue weighted by molar-refractivity contribution is -0.157. The highest BCUT2D eigenvalue weighted by molar-refractivity contribution is 7.10. The van der Waals surface area contributed by atoms with Crippen LogP contribution in [0.2, 0.25) is 0 Å². The molecule has 2 atom stereocenters. The molecule has 2 aromatic rings. The molecule has 0 unspecified atom stereocenters. The Morgan fingerprint density at radius 1 is 1.32 bits per heavy atom. The Hall–Kier alpha value is -2.25. The summed E-state index contributed by atoms with van der Waals surface area (Å²) in [4.78, 5) is 24.9. The summed E-state index contributed by atoms with van der Waals surface area (Å²) in [5, 5.41) is 4.73. The van der Waals surface area contributed by atoms with Crippen molar-refractivity contribution in [2.45, 2.75) is 25.0 Å². The largest absolute Gasteiger partial charge is 0.454 e. The fourth-order valence-corrected chi connectivity index (χ4v) is 3.43. The summed E-state index contributed by atoms with van der Waals surface area (Å²) < 4.78 is 23.4. The molecular weight excluding hydrogens is 345 g/mol. The van der Waals surface area contributed by atoms with Gasteiger partial charge in [0.2, 0.25) is 0 Å². The molecular formula is C18H18FNO4S. The van der Waals surface area contributed by atoms with E-state index in [4.69, 9.17) is 9.47 Å². The van der Waals surface area contributed by atoms with Crippen LogP contribution in [0.5, 0.6) is 0 Å². The monoisotopic (exact) mass is 363 g/mol. The molecule has 1 aliphatic heterocycles. The molecule has 1 aliphatic rings. The van der Waals surface area contributed by atoms with E-state index in [1.165, 1.54) is 23.5 Å². The number of halogens is 1. The first kappa shape index (κ1) is 17.6. The number of nitrogens with one attached hydrogen (secondary N) is 1. The SMILES string of the molecule is O=C(COC(=O)[C@H]1CCCO1)N[C@@H](c1ccc(F)cc1)c1cccs1. The van der Waals surface area contributed by atoms with Gasteiger partial charge >= 0.3 is 5.97 Å². The minimum atomic E-state index is -0.571. The van der Waals surface area contributed by atoms with Gasteiger partial charge in [-0.15, -0.1) is 11.3 Å². The fraction of sp³-hybridized carbons (Fsp3) is 0.333. The number of rotatable bonds is 6. The number of esters is 1. The van der Waals surface area contributed by atoms with Crippen LogP contribution >= 0.6 is 11.3 Å². The first-order valence-corrected chi connectivity index (χ1v) is 8.88. The predicted molar refractivity (Wildman–Crippen MR) is 90.6 cm³/mol. The van der Waals surface area contributed by atoms with E-state index in [0.717, 1.165) is 16.9 Å². The van der Waals surface area contributed by atoms with Crippen molar-refractivity contribution < 1.29 is 23.5 Å². The van der Waals surface area contributed by atoms with Gasteiger partial charge in [0.05, 0.1) is 6.04 Å². The molecule has 1 amide bonds. The molecule has 1 aromatic carbocycles. The van der Waals surface area contributed by atoms with Crippen molar-refractivity contribution in [3.8, 4) is 0 Å². The summed E-state index contributed by atoms with van der Waals surface area (Å²) in [5.41, 5.74) is 0.752. The first-order valence-electron chi connectivity index (χ1n) is 8.00. The van der Waals surface area contributed by atoms with E-state index in [9.17, 15) is 14.0 Å². The molecule has 1 saturated heterocycles. The molecule has 1 fully saturated rings. The van der Waals surface area contributed by atoms with Crippen LogP contribution in [-0.2, 0) is 19.1 Å². The Morgan fingerprint density at radius 3 is 2.76 bits per heavy atom. The Morgan fingerprint density at radius 2 is 2.12 bits per heavy atom. The average Bonchev–Trinajstić information content (AvgIpc) is 3.31. The third-order valence-electron chi connectivity index (χ3n) is 3.87. The highest BCUT2D eigenvalue weighted by Gasteiger charge is 2.26. The van der Waals surface area contributed by atoms with E-state index >= 15 is 0 Å². The number of ether oxygens (including phenoxy) is 2. The van der Waals surface area contributed by atoms with E-state index in [0.29, 0.717) is 13.0 Å². The number of amides is 1. The zero-order chi connectivity index (χ0) is 17.6. The van der Waals surface area contributed by atoms with E-state index in [1.807, 2.05) is 17.5 Å². The Bertz CT molecular complexity index is 711. The van der Waals surface area contributed by atoms with Crippen molar-refractivity contribution in [2.75, 3.05) is 13.2 Å².